The second-order valence-corrected chi connectivity index (χ2v) is 10.2. The fourth-order valence-electron chi connectivity index (χ4n) is 3.32. The van der Waals surface area contributed by atoms with E-state index in [0.717, 1.165) is 0 Å². The fourth-order valence-corrected chi connectivity index (χ4v) is 4.98. The maximum atomic E-state index is 12.8. The largest absolute Gasteiger partial charge is 0.351 e. The number of sulfonamides is 1. The van der Waals surface area contributed by atoms with E-state index in [1.165, 1.54) is 4.31 Å². The molecule has 2 rings (SSSR count). The van der Waals surface area contributed by atoms with Gasteiger partial charge < -0.3 is 10.6 Å². The topological polar surface area (TPSA) is 95.6 Å². The van der Waals surface area contributed by atoms with Crippen molar-refractivity contribution in [2.75, 3.05) is 18.8 Å². The number of carbonyl (C=O) groups excluding carboxylic acids is 2. The van der Waals surface area contributed by atoms with Crippen LogP contribution in [-0.4, -0.2) is 55.5 Å². The van der Waals surface area contributed by atoms with Crippen LogP contribution in [0.2, 0.25) is 5.02 Å². The first-order chi connectivity index (χ1) is 13.6. The van der Waals surface area contributed by atoms with Crippen molar-refractivity contribution in [1.82, 2.24) is 14.9 Å². The Hall–Kier alpha value is -1.64. The maximum Gasteiger partial charge on any atom is 0.251 e. The van der Waals surface area contributed by atoms with Gasteiger partial charge in [0.2, 0.25) is 15.9 Å². The highest BCUT2D eigenvalue weighted by atomic mass is 35.5. The van der Waals surface area contributed by atoms with Crippen molar-refractivity contribution in [2.24, 2.45) is 5.92 Å². The fraction of sp³-hybridized carbons (Fsp3) is 0.600. The van der Waals surface area contributed by atoms with Crippen LogP contribution >= 0.6 is 11.6 Å². The number of halogens is 1. The lowest BCUT2D eigenvalue weighted by Gasteiger charge is -2.33. The molecule has 0 spiro atoms. The minimum atomic E-state index is -3.21. The third kappa shape index (κ3) is 6.69. The Morgan fingerprint density at radius 1 is 1.17 bits per heavy atom. The van der Waals surface area contributed by atoms with Crippen LogP contribution in [-0.2, 0) is 14.8 Å². The average Bonchev–Trinajstić information content (AvgIpc) is 2.66. The van der Waals surface area contributed by atoms with Crippen molar-refractivity contribution >= 4 is 33.4 Å². The van der Waals surface area contributed by atoms with Gasteiger partial charge in [0.1, 0.15) is 6.04 Å². The van der Waals surface area contributed by atoms with Gasteiger partial charge in [0, 0.05) is 29.7 Å². The molecule has 29 heavy (non-hydrogen) atoms. The summed E-state index contributed by atoms with van der Waals surface area (Å²) < 4.78 is 25.8. The molecule has 2 N–H and O–H groups in total. The van der Waals surface area contributed by atoms with Gasteiger partial charge in [-0.1, -0.05) is 32.4 Å². The Labute approximate surface area is 178 Å². The SMILES string of the molecule is CCCS(=O)(=O)N1CCC(NC(=O)C(NC(=O)c2ccc(Cl)cc2)C(C)C)CC1. The molecule has 1 atom stereocenters. The molecule has 7 nitrogen and oxygen atoms in total. The van der Waals surface area contributed by atoms with Gasteiger partial charge in [-0.15, -0.1) is 0 Å². The lowest BCUT2D eigenvalue weighted by molar-refractivity contribution is -0.124. The molecular formula is C20H30ClN3O4S. The molecule has 162 valence electrons. The van der Waals surface area contributed by atoms with Crippen molar-refractivity contribution in [3.63, 3.8) is 0 Å². The molecule has 9 heteroatoms. The van der Waals surface area contributed by atoms with Crippen molar-refractivity contribution in [3.8, 4) is 0 Å². The standard InChI is InChI=1S/C20H30ClN3O4S/c1-4-13-29(27,28)24-11-9-17(10-12-24)22-20(26)18(14(2)3)23-19(25)15-5-7-16(21)8-6-15/h5-8,14,17-18H,4,9-13H2,1-3H3,(H,22,26)(H,23,25). The Morgan fingerprint density at radius 2 is 1.76 bits per heavy atom. The maximum absolute atomic E-state index is 12.8. The molecule has 1 aliphatic rings. The lowest BCUT2D eigenvalue weighted by atomic mass is 10.0. The Balaban J connectivity index is 1.93. The zero-order chi connectivity index (χ0) is 21.6. The Bertz CT molecular complexity index is 804. The van der Waals surface area contributed by atoms with Crippen LogP contribution in [0.5, 0.6) is 0 Å². The summed E-state index contributed by atoms with van der Waals surface area (Å²) in [6, 6.07) is 5.69. The molecule has 1 aromatic carbocycles. The van der Waals surface area contributed by atoms with E-state index in [1.807, 2.05) is 20.8 Å². The number of piperidine rings is 1. The van der Waals surface area contributed by atoms with Crippen molar-refractivity contribution in [2.45, 2.75) is 52.1 Å². The minimum Gasteiger partial charge on any atom is -0.351 e. The van der Waals surface area contributed by atoms with Gasteiger partial charge in [0.05, 0.1) is 5.75 Å². The average molecular weight is 444 g/mol. The number of rotatable bonds is 8. The van der Waals surface area contributed by atoms with Crippen LogP contribution in [0.25, 0.3) is 0 Å². The number of hydrogen-bond acceptors (Lipinski definition) is 4. The van der Waals surface area contributed by atoms with E-state index in [-0.39, 0.29) is 29.5 Å². The molecule has 0 bridgehead atoms. The number of amides is 2. The molecule has 1 aliphatic heterocycles. The quantitative estimate of drug-likeness (QED) is 0.644. The van der Waals surface area contributed by atoms with Crippen molar-refractivity contribution in [1.29, 1.82) is 0 Å². The van der Waals surface area contributed by atoms with Crippen LogP contribution in [0, 0.1) is 5.92 Å². The Kier molecular flexibility index (Phi) is 8.48. The van der Waals surface area contributed by atoms with E-state index in [0.29, 0.717) is 42.9 Å². The van der Waals surface area contributed by atoms with Crippen LogP contribution in [0.3, 0.4) is 0 Å². The first-order valence-electron chi connectivity index (χ1n) is 9.98. The number of hydrogen-bond donors (Lipinski definition) is 2. The smallest absolute Gasteiger partial charge is 0.251 e. The number of nitrogens with one attached hydrogen (secondary N) is 2. The van der Waals surface area contributed by atoms with Gasteiger partial charge in [-0.25, -0.2) is 12.7 Å². The summed E-state index contributed by atoms with van der Waals surface area (Å²) in [6.45, 7) is 6.38. The summed E-state index contributed by atoms with van der Waals surface area (Å²) >= 11 is 5.85. The monoisotopic (exact) mass is 443 g/mol. The minimum absolute atomic E-state index is 0.101. The molecule has 1 saturated heterocycles. The first kappa shape index (κ1) is 23.6. The molecule has 0 aromatic heterocycles. The first-order valence-corrected chi connectivity index (χ1v) is 12.0. The molecule has 1 fully saturated rings. The van der Waals surface area contributed by atoms with E-state index < -0.39 is 16.1 Å². The molecule has 0 aliphatic carbocycles. The predicted molar refractivity (Wildman–Crippen MR) is 114 cm³/mol. The molecule has 1 aromatic rings. The Morgan fingerprint density at radius 3 is 2.28 bits per heavy atom. The summed E-state index contributed by atoms with van der Waals surface area (Å²) in [5.74, 6) is -0.541. The predicted octanol–water partition coefficient (Wildman–Crippen LogP) is 2.41. The third-order valence-electron chi connectivity index (χ3n) is 5.00. The zero-order valence-corrected chi connectivity index (χ0v) is 18.7. The highest BCUT2D eigenvalue weighted by molar-refractivity contribution is 7.89. The third-order valence-corrected chi connectivity index (χ3v) is 7.33. The van der Waals surface area contributed by atoms with Crippen molar-refractivity contribution < 1.29 is 18.0 Å². The molecule has 0 saturated carbocycles. The van der Waals surface area contributed by atoms with E-state index in [9.17, 15) is 18.0 Å². The molecule has 0 radical (unpaired) electrons. The van der Waals surface area contributed by atoms with Crippen molar-refractivity contribution in [3.05, 3.63) is 34.9 Å². The van der Waals surface area contributed by atoms with E-state index >= 15 is 0 Å². The summed E-state index contributed by atoms with van der Waals surface area (Å²) in [6.07, 6.45) is 1.71. The van der Waals surface area contributed by atoms with E-state index in [1.54, 1.807) is 24.3 Å². The second kappa shape index (κ2) is 10.4. The van der Waals surface area contributed by atoms with Gasteiger partial charge in [0.15, 0.2) is 0 Å². The van der Waals surface area contributed by atoms with Gasteiger partial charge in [-0.05, 0) is 49.4 Å². The molecule has 1 unspecified atom stereocenters. The number of benzene rings is 1. The van der Waals surface area contributed by atoms with Gasteiger partial charge in [-0.3, -0.25) is 9.59 Å². The number of nitrogens with zero attached hydrogens (tertiary/aromatic N) is 1. The normalized spacial score (nSPS) is 17.1. The molecule has 1 heterocycles. The van der Waals surface area contributed by atoms with Crippen LogP contribution in [0.4, 0.5) is 0 Å². The lowest BCUT2D eigenvalue weighted by Crippen LogP contribution is -2.54. The number of carbonyl (C=O) groups is 2. The highest BCUT2D eigenvalue weighted by Crippen LogP contribution is 2.16. The van der Waals surface area contributed by atoms with Crippen LogP contribution < -0.4 is 10.6 Å². The van der Waals surface area contributed by atoms with Gasteiger partial charge >= 0.3 is 0 Å². The highest BCUT2D eigenvalue weighted by Gasteiger charge is 2.31. The van der Waals surface area contributed by atoms with Crippen LogP contribution in [0.1, 0.15) is 50.4 Å². The molecule has 2 amide bonds. The summed E-state index contributed by atoms with van der Waals surface area (Å²) in [4.78, 5) is 25.3. The van der Waals surface area contributed by atoms with E-state index in [4.69, 9.17) is 11.6 Å². The van der Waals surface area contributed by atoms with E-state index in [2.05, 4.69) is 10.6 Å². The zero-order valence-electron chi connectivity index (χ0n) is 17.2. The second-order valence-electron chi connectivity index (χ2n) is 7.70. The molecular weight excluding hydrogens is 414 g/mol. The summed E-state index contributed by atoms with van der Waals surface area (Å²) in [5, 5.41) is 6.30. The van der Waals surface area contributed by atoms with Gasteiger partial charge in [0.25, 0.3) is 5.91 Å². The summed E-state index contributed by atoms with van der Waals surface area (Å²) in [7, 11) is -3.21. The van der Waals surface area contributed by atoms with Gasteiger partial charge in [-0.2, -0.15) is 0 Å². The summed E-state index contributed by atoms with van der Waals surface area (Å²) in [5.41, 5.74) is 0.433. The van der Waals surface area contributed by atoms with Crippen LogP contribution in [0.15, 0.2) is 24.3 Å².